The summed E-state index contributed by atoms with van der Waals surface area (Å²) in [6, 6.07) is 0. The van der Waals surface area contributed by atoms with E-state index in [0.717, 1.165) is 6.42 Å². The van der Waals surface area contributed by atoms with Crippen molar-refractivity contribution < 1.29 is 19.1 Å². The van der Waals surface area contributed by atoms with Crippen LogP contribution in [0.4, 0.5) is 0 Å². The van der Waals surface area contributed by atoms with Gasteiger partial charge in [0.05, 0.1) is 14.2 Å². The molecule has 0 aliphatic heterocycles. The molecule has 4 nitrogen and oxygen atoms in total. The highest BCUT2D eigenvalue weighted by Crippen LogP contribution is 2.51. The molecule has 1 aliphatic rings. The fraction of sp³-hybridized carbons (Fsp3) is 0.905. The van der Waals surface area contributed by atoms with Crippen LogP contribution in [0.3, 0.4) is 0 Å². The van der Waals surface area contributed by atoms with Crippen molar-refractivity contribution in [1.29, 1.82) is 0 Å². The van der Waals surface area contributed by atoms with E-state index in [2.05, 4.69) is 20.8 Å². The lowest BCUT2D eigenvalue weighted by Crippen LogP contribution is -2.39. The molecular weight excluding hydrogens is 316 g/mol. The van der Waals surface area contributed by atoms with Crippen LogP contribution in [-0.2, 0) is 19.1 Å². The third-order valence-electron chi connectivity index (χ3n) is 5.99. The number of unbranched alkanes of at least 4 members (excludes halogenated alkanes) is 6. The summed E-state index contributed by atoms with van der Waals surface area (Å²) < 4.78 is 9.96. The zero-order chi connectivity index (χ0) is 18.9. The molecule has 146 valence electrons. The maximum atomic E-state index is 12.4. The van der Waals surface area contributed by atoms with Crippen LogP contribution in [0.25, 0.3) is 0 Å². The van der Waals surface area contributed by atoms with Crippen molar-refractivity contribution in [2.24, 2.45) is 23.2 Å². The molecule has 0 aromatic heterocycles. The van der Waals surface area contributed by atoms with Crippen LogP contribution in [0.5, 0.6) is 0 Å². The Labute approximate surface area is 154 Å². The Bertz CT molecular complexity index is 400. The van der Waals surface area contributed by atoms with Crippen LogP contribution in [0.2, 0.25) is 0 Å². The summed E-state index contributed by atoms with van der Waals surface area (Å²) in [4.78, 5) is 24.8. The van der Waals surface area contributed by atoms with E-state index in [1.165, 1.54) is 59.2 Å². The molecule has 1 rings (SSSR count). The molecule has 1 aliphatic carbocycles. The van der Waals surface area contributed by atoms with E-state index in [1.807, 2.05) is 0 Å². The van der Waals surface area contributed by atoms with E-state index in [4.69, 9.17) is 9.47 Å². The van der Waals surface area contributed by atoms with Gasteiger partial charge in [0.25, 0.3) is 0 Å². The monoisotopic (exact) mass is 354 g/mol. The number of carbonyl (C=O) groups is 2. The molecule has 0 heterocycles. The highest BCUT2D eigenvalue weighted by Gasteiger charge is 2.57. The predicted molar refractivity (Wildman–Crippen MR) is 100 cm³/mol. The quantitative estimate of drug-likeness (QED) is 0.293. The second kappa shape index (κ2) is 10.8. The first-order valence-corrected chi connectivity index (χ1v) is 10.1. The molecule has 0 radical (unpaired) electrons. The molecule has 0 aromatic carbocycles. The third-order valence-corrected chi connectivity index (χ3v) is 5.99. The predicted octanol–water partition coefficient (Wildman–Crippen LogP) is 5.14. The van der Waals surface area contributed by atoms with Crippen LogP contribution in [0, 0.1) is 23.2 Å². The molecule has 0 N–H and O–H groups in total. The smallest absolute Gasteiger partial charge is 0.323 e. The maximum Gasteiger partial charge on any atom is 0.323 e. The standard InChI is InChI=1S/C21H38O4/c1-6-7-8-9-10-11-12-13-17-14-21(19(22)24-4,20(23)25-5)15-18(17)16(2)3/h16-18H,6-15H2,1-5H3/t17-,18+/m1/s1. The van der Waals surface area contributed by atoms with Gasteiger partial charge in [0, 0.05) is 0 Å². The lowest BCUT2D eigenvalue weighted by atomic mass is 9.82. The maximum absolute atomic E-state index is 12.4. The van der Waals surface area contributed by atoms with E-state index in [-0.39, 0.29) is 0 Å². The van der Waals surface area contributed by atoms with E-state index in [0.29, 0.717) is 30.6 Å². The lowest BCUT2D eigenvalue weighted by molar-refractivity contribution is -0.169. The Morgan fingerprint density at radius 1 is 0.920 bits per heavy atom. The topological polar surface area (TPSA) is 52.6 Å². The number of carbonyl (C=O) groups excluding carboxylic acids is 2. The number of rotatable bonds is 11. The van der Waals surface area contributed by atoms with Gasteiger partial charge in [0.1, 0.15) is 0 Å². The molecule has 4 heteroatoms. The van der Waals surface area contributed by atoms with Crippen LogP contribution in [-0.4, -0.2) is 26.2 Å². The average molecular weight is 355 g/mol. The molecule has 2 atom stereocenters. The van der Waals surface area contributed by atoms with Crippen molar-refractivity contribution in [1.82, 2.24) is 0 Å². The van der Waals surface area contributed by atoms with E-state index >= 15 is 0 Å². The fourth-order valence-corrected chi connectivity index (χ4v) is 4.52. The molecular formula is C21H38O4. The van der Waals surface area contributed by atoms with Crippen molar-refractivity contribution in [3.8, 4) is 0 Å². The summed E-state index contributed by atoms with van der Waals surface area (Å²) >= 11 is 0. The van der Waals surface area contributed by atoms with Crippen LogP contribution in [0.1, 0.15) is 85.0 Å². The second-order valence-corrected chi connectivity index (χ2v) is 8.05. The van der Waals surface area contributed by atoms with Gasteiger partial charge in [-0.1, -0.05) is 72.1 Å². The normalized spacial score (nSPS) is 22.2. The van der Waals surface area contributed by atoms with Gasteiger partial charge in [-0.05, 0) is 30.6 Å². The van der Waals surface area contributed by atoms with E-state index < -0.39 is 17.4 Å². The SMILES string of the molecule is CCCCCCCCC[C@@H]1CC(C(=O)OC)(C(=O)OC)C[C@H]1C(C)C. The molecule has 1 fully saturated rings. The van der Waals surface area contributed by atoms with E-state index in [9.17, 15) is 9.59 Å². The van der Waals surface area contributed by atoms with Crippen molar-refractivity contribution in [3.63, 3.8) is 0 Å². The summed E-state index contributed by atoms with van der Waals surface area (Å²) in [7, 11) is 2.72. The Hall–Kier alpha value is -1.06. The summed E-state index contributed by atoms with van der Waals surface area (Å²) in [5, 5.41) is 0. The average Bonchev–Trinajstić information content (AvgIpc) is 3.00. The number of esters is 2. The highest BCUT2D eigenvalue weighted by atomic mass is 16.5. The van der Waals surface area contributed by atoms with Crippen molar-refractivity contribution in [3.05, 3.63) is 0 Å². The zero-order valence-corrected chi connectivity index (χ0v) is 16.9. The Morgan fingerprint density at radius 3 is 1.92 bits per heavy atom. The summed E-state index contributed by atoms with van der Waals surface area (Å²) in [6.45, 7) is 6.61. The summed E-state index contributed by atoms with van der Waals surface area (Å²) in [6.07, 6.45) is 11.2. The van der Waals surface area contributed by atoms with E-state index in [1.54, 1.807) is 0 Å². The minimum atomic E-state index is -1.09. The Balaban J connectivity index is 2.65. The van der Waals surface area contributed by atoms with Crippen LogP contribution >= 0.6 is 0 Å². The summed E-state index contributed by atoms with van der Waals surface area (Å²) in [5.74, 6) is 0.372. The minimum absolute atomic E-state index is 0.373. The molecule has 1 saturated carbocycles. The minimum Gasteiger partial charge on any atom is -0.468 e. The van der Waals surface area contributed by atoms with Crippen molar-refractivity contribution in [2.45, 2.75) is 85.0 Å². The van der Waals surface area contributed by atoms with Gasteiger partial charge in [0.2, 0.25) is 0 Å². The zero-order valence-electron chi connectivity index (χ0n) is 16.9. The molecule has 0 saturated heterocycles. The molecule has 0 amide bonds. The van der Waals surface area contributed by atoms with Gasteiger partial charge >= 0.3 is 11.9 Å². The first kappa shape index (κ1) is 22.0. The summed E-state index contributed by atoms with van der Waals surface area (Å²) in [5.41, 5.74) is -1.09. The Kier molecular flexibility index (Phi) is 9.52. The second-order valence-electron chi connectivity index (χ2n) is 8.05. The number of hydrogen-bond acceptors (Lipinski definition) is 4. The first-order chi connectivity index (χ1) is 11.9. The van der Waals surface area contributed by atoms with Crippen LogP contribution < -0.4 is 0 Å². The number of hydrogen-bond donors (Lipinski definition) is 0. The largest absolute Gasteiger partial charge is 0.468 e. The van der Waals surface area contributed by atoms with Crippen molar-refractivity contribution >= 4 is 11.9 Å². The Morgan fingerprint density at radius 2 is 1.44 bits per heavy atom. The van der Waals surface area contributed by atoms with Gasteiger partial charge in [-0.15, -0.1) is 0 Å². The van der Waals surface area contributed by atoms with Gasteiger partial charge < -0.3 is 9.47 Å². The molecule has 0 spiro atoms. The molecule has 25 heavy (non-hydrogen) atoms. The number of methoxy groups -OCH3 is 2. The fourth-order valence-electron chi connectivity index (χ4n) is 4.52. The molecule has 0 aromatic rings. The van der Waals surface area contributed by atoms with Gasteiger partial charge in [-0.3, -0.25) is 9.59 Å². The van der Waals surface area contributed by atoms with Gasteiger partial charge in [0.15, 0.2) is 5.41 Å². The van der Waals surface area contributed by atoms with Gasteiger partial charge in [-0.25, -0.2) is 0 Å². The van der Waals surface area contributed by atoms with Gasteiger partial charge in [-0.2, -0.15) is 0 Å². The lowest BCUT2D eigenvalue weighted by Gasteiger charge is -2.24. The highest BCUT2D eigenvalue weighted by molar-refractivity contribution is 6.00. The molecule has 0 bridgehead atoms. The first-order valence-electron chi connectivity index (χ1n) is 10.1. The molecule has 0 unspecified atom stereocenters. The number of ether oxygens (including phenoxy) is 2. The third kappa shape index (κ3) is 5.72. The van der Waals surface area contributed by atoms with Crippen molar-refractivity contribution in [2.75, 3.05) is 14.2 Å². The van der Waals surface area contributed by atoms with Crippen LogP contribution in [0.15, 0.2) is 0 Å².